The van der Waals surface area contributed by atoms with Crippen LogP contribution in [-0.4, -0.2) is 26.6 Å². The van der Waals surface area contributed by atoms with E-state index in [1.807, 2.05) is 61.2 Å². The van der Waals surface area contributed by atoms with Gasteiger partial charge in [0.1, 0.15) is 0 Å². The number of nitrogens with zero attached hydrogens (tertiary/aromatic N) is 3. The van der Waals surface area contributed by atoms with Crippen molar-refractivity contribution in [3.8, 4) is 0 Å². The highest BCUT2D eigenvalue weighted by molar-refractivity contribution is 9.10. The molecule has 0 atom stereocenters. The molecule has 0 spiro atoms. The molecular formula is C23H24BrN3O2. The van der Waals surface area contributed by atoms with Crippen molar-refractivity contribution in [2.75, 3.05) is 0 Å². The number of carbonyl (C=O) groups excluding carboxylic acids is 1. The van der Waals surface area contributed by atoms with Gasteiger partial charge in [0.05, 0.1) is 5.39 Å². The van der Waals surface area contributed by atoms with E-state index >= 15 is 0 Å². The minimum Gasteiger partial charge on any atom is -0.330 e. The molecule has 1 aliphatic rings. The second kappa shape index (κ2) is 8.11. The maximum Gasteiger partial charge on any atom is 0.275 e. The second-order valence-corrected chi connectivity index (χ2v) is 8.99. The van der Waals surface area contributed by atoms with Crippen LogP contribution in [0, 0.1) is 5.92 Å². The van der Waals surface area contributed by atoms with Gasteiger partial charge in [0.25, 0.3) is 11.5 Å². The van der Waals surface area contributed by atoms with E-state index in [1.165, 1.54) is 4.68 Å². The van der Waals surface area contributed by atoms with E-state index in [4.69, 9.17) is 0 Å². The number of aromatic nitrogens is 2. The van der Waals surface area contributed by atoms with Gasteiger partial charge in [0.2, 0.25) is 0 Å². The molecule has 0 saturated heterocycles. The van der Waals surface area contributed by atoms with E-state index in [0.717, 1.165) is 22.9 Å². The zero-order chi connectivity index (χ0) is 20.5. The predicted octanol–water partition coefficient (Wildman–Crippen LogP) is 4.62. The minimum atomic E-state index is -0.143. The standard InChI is InChI=1S/C23H24BrN3O2/c1-15(2)13-27-22(28)20-9-4-3-8-19(20)21(25-27)23(29)26(18-10-11-18)14-16-6-5-7-17(24)12-16/h3-9,12,15,18H,10-11,13-14H2,1-2H3. The average molecular weight is 454 g/mol. The SMILES string of the molecule is CC(C)Cn1nc(C(=O)N(Cc2cccc(Br)c2)C2CC2)c2ccccc2c1=O. The zero-order valence-corrected chi connectivity index (χ0v) is 18.2. The summed E-state index contributed by atoms with van der Waals surface area (Å²) in [6.07, 6.45) is 2.01. The smallest absolute Gasteiger partial charge is 0.275 e. The van der Waals surface area contributed by atoms with Crippen molar-refractivity contribution in [3.63, 3.8) is 0 Å². The number of carbonyl (C=O) groups is 1. The maximum absolute atomic E-state index is 13.6. The van der Waals surface area contributed by atoms with Gasteiger partial charge in [-0.1, -0.05) is 60.1 Å². The van der Waals surface area contributed by atoms with Gasteiger partial charge in [-0.15, -0.1) is 0 Å². The molecule has 1 aromatic heterocycles. The van der Waals surface area contributed by atoms with Gasteiger partial charge in [0.15, 0.2) is 5.69 Å². The molecular weight excluding hydrogens is 430 g/mol. The number of hydrogen-bond donors (Lipinski definition) is 0. The Morgan fingerprint density at radius 3 is 2.55 bits per heavy atom. The molecule has 2 aromatic carbocycles. The highest BCUT2D eigenvalue weighted by Gasteiger charge is 2.34. The lowest BCUT2D eigenvalue weighted by molar-refractivity contribution is 0.0723. The molecule has 1 heterocycles. The Hall–Kier alpha value is -2.47. The van der Waals surface area contributed by atoms with Crippen LogP contribution in [0.4, 0.5) is 0 Å². The highest BCUT2D eigenvalue weighted by Crippen LogP contribution is 2.31. The third-order valence-corrected chi connectivity index (χ3v) is 5.59. The molecule has 5 nitrogen and oxygen atoms in total. The number of benzene rings is 2. The predicted molar refractivity (Wildman–Crippen MR) is 118 cm³/mol. The highest BCUT2D eigenvalue weighted by atomic mass is 79.9. The fourth-order valence-corrected chi connectivity index (χ4v) is 4.03. The molecule has 0 N–H and O–H groups in total. The first-order valence-corrected chi connectivity index (χ1v) is 10.8. The van der Waals surface area contributed by atoms with E-state index in [0.29, 0.717) is 29.6 Å². The Balaban J connectivity index is 1.78. The van der Waals surface area contributed by atoms with Crippen LogP contribution >= 0.6 is 15.9 Å². The van der Waals surface area contributed by atoms with Gasteiger partial charge in [-0.2, -0.15) is 5.10 Å². The lowest BCUT2D eigenvalue weighted by atomic mass is 10.1. The van der Waals surface area contributed by atoms with E-state index in [-0.39, 0.29) is 23.4 Å². The topological polar surface area (TPSA) is 55.2 Å². The first kappa shape index (κ1) is 19.8. The van der Waals surface area contributed by atoms with Crippen molar-refractivity contribution in [1.82, 2.24) is 14.7 Å². The van der Waals surface area contributed by atoms with Gasteiger partial charge in [0, 0.05) is 29.0 Å². The normalized spacial score (nSPS) is 13.8. The van der Waals surface area contributed by atoms with Gasteiger partial charge in [-0.25, -0.2) is 4.68 Å². The van der Waals surface area contributed by atoms with Crippen molar-refractivity contribution < 1.29 is 4.79 Å². The third kappa shape index (κ3) is 4.27. The summed E-state index contributed by atoms with van der Waals surface area (Å²) in [6, 6.07) is 15.5. The van der Waals surface area contributed by atoms with Crippen LogP contribution in [0.15, 0.2) is 57.8 Å². The monoisotopic (exact) mass is 453 g/mol. The number of amides is 1. The summed E-state index contributed by atoms with van der Waals surface area (Å²) in [5.74, 6) is 0.145. The third-order valence-electron chi connectivity index (χ3n) is 5.10. The molecule has 1 fully saturated rings. The fourth-order valence-electron chi connectivity index (χ4n) is 3.58. The van der Waals surface area contributed by atoms with Crippen LogP contribution in [0.2, 0.25) is 0 Å². The Morgan fingerprint density at radius 1 is 1.17 bits per heavy atom. The first-order valence-electron chi connectivity index (χ1n) is 9.99. The lowest BCUT2D eigenvalue weighted by Gasteiger charge is -2.23. The van der Waals surface area contributed by atoms with Crippen molar-refractivity contribution >= 4 is 32.6 Å². The summed E-state index contributed by atoms with van der Waals surface area (Å²) in [7, 11) is 0. The minimum absolute atomic E-state index is 0.110. The molecule has 4 rings (SSSR count). The van der Waals surface area contributed by atoms with E-state index < -0.39 is 0 Å². The van der Waals surface area contributed by atoms with Crippen LogP contribution in [0.3, 0.4) is 0 Å². The average Bonchev–Trinajstić information content (AvgIpc) is 3.53. The van der Waals surface area contributed by atoms with Crippen LogP contribution in [0.1, 0.15) is 42.7 Å². The summed E-state index contributed by atoms with van der Waals surface area (Å²) in [6.45, 7) is 5.09. The molecule has 0 aliphatic heterocycles. The molecule has 1 amide bonds. The number of halogens is 1. The van der Waals surface area contributed by atoms with Crippen molar-refractivity contribution in [2.24, 2.45) is 5.92 Å². The molecule has 0 bridgehead atoms. The molecule has 3 aromatic rings. The molecule has 150 valence electrons. The first-order chi connectivity index (χ1) is 13.9. The van der Waals surface area contributed by atoms with Crippen LogP contribution in [0.25, 0.3) is 10.8 Å². The molecule has 0 unspecified atom stereocenters. The second-order valence-electron chi connectivity index (χ2n) is 8.07. The van der Waals surface area contributed by atoms with Crippen molar-refractivity contribution in [1.29, 1.82) is 0 Å². The molecule has 29 heavy (non-hydrogen) atoms. The molecule has 1 saturated carbocycles. The van der Waals surface area contributed by atoms with E-state index in [1.54, 1.807) is 6.07 Å². The summed E-state index contributed by atoms with van der Waals surface area (Å²) < 4.78 is 2.44. The number of fused-ring (bicyclic) bond motifs is 1. The van der Waals surface area contributed by atoms with Gasteiger partial charge in [-0.05, 0) is 42.5 Å². The van der Waals surface area contributed by atoms with E-state index in [2.05, 4.69) is 21.0 Å². The molecule has 1 aliphatic carbocycles. The van der Waals surface area contributed by atoms with Crippen molar-refractivity contribution in [2.45, 2.75) is 45.8 Å². The summed E-state index contributed by atoms with van der Waals surface area (Å²) >= 11 is 3.51. The van der Waals surface area contributed by atoms with Gasteiger partial charge >= 0.3 is 0 Å². The Labute approximate surface area is 178 Å². The van der Waals surface area contributed by atoms with Gasteiger partial charge < -0.3 is 4.90 Å². The summed E-state index contributed by atoms with van der Waals surface area (Å²) in [5.41, 5.74) is 1.29. The lowest BCUT2D eigenvalue weighted by Crippen LogP contribution is -2.36. The Bertz CT molecular complexity index is 1120. The fraction of sp³-hybridized carbons (Fsp3) is 0.348. The largest absolute Gasteiger partial charge is 0.330 e. The summed E-state index contributed by atoms with van der Waals surface area (Å²) in [5, 5.41) is 5.71. The Kier molecular flexibility index (Phi) is 5.54. The van der Waals surface area contributed by atoms with Crippen LogP contribution in [-0.2, 0) is 13.1 Å². The van der Waals surface area contributed by atoms with E-state index in [9.17, 15) is 9.59 Å². The molecule has 0 radical (unpaired) electrons. The number of rotatable bonds is 6. The van der Waals surface area contributed by atoms with Crippen molar-refractivity contribution in [3.05, 3.63) is 74.6 Å². The maximum atomic E-state index is 13.6. The number of hydrogen-bond acceptors (Lipinski definition) is 3. The zero-order valence-electron chi connectivity index (χ0n) is 16.6. The molecule has 6 heteroatoms. The van der Waals surface area contributed by atoms with Crippen LogP contribution < -0.4 is 5.56 Å². The Morgan fingerprint density at radius 2 is 1.90 bits per heavy atom. The summed E-state index contributed by atoms with van der Waals surface area (Å²) in [4.78, 5) is 28.4. The van der Waals surface area contributed by atoms with Gasteiger partial charge in [-0.3, -0.25) is 9.59 Å². The quantitative estimate of drug-likeness (QED) is 0.546. The van der Waals surface area contributed by atoms with Crippen LogP contribution in [0.5, 0.6) is 0 Å².